The third-order valence-electron chi connectivity index (χ3n) is 3.61. The Kier molecular flexibility index (Phi) is 4.67. The number of carbonyl (C=O) groups is 1. The third-order valence-corrected chi connectivity index (χ3v) is 3.85. The minimum Gasteiger partial charge on any atom is -0.462 e. The fraction of sp³-hybridized carbons (Fsp3) is 0.158. The maximum Gasteiger partial charge on any atom is 0.341 e. The summed E-state index contributed by atoms with van der Waals surface area (Å²) in [4.78, 5) is 16.7. The summed E-state index contributed by atoms with van der Waals surface area (Å²) in [6.07, 6.45) is 1.53. The molecule has 0 saturated carbocycles. The third kappa shape index (κ3) is 3.34. The van der Waals surface area contributed by atoms with Crippen LogP contribution in [0.2, 0.25) is 5.02 Å². The van der Waals surface area contributed by atoms with Gasteiger partial charge in [-0.1, -0.05) is 23.7 Å². The molecule has 0 aliphatic rings. The van der Waals surface area contributed by atoms with E-state index < -0.39 is 5.97 Å². The van der Waals surface area contributed by atoms with Crippen molar-refractivity contribution < 1.29 is 9.53 Å². The number of benzene rings is 2. The van der Waals surface area contributed by atoms with Crippen LogP contribution in [0.1, 0.15) is 22.8 Å². The lowest BCUT2D eigenvalue weighted by Crippen LogP contribution is -2.09. The summed E-state index contributed by atoms with van der Waals surface area (Å²) in [5.41, 5.74) is 3.78. The molecule has 0 aliphatic heterocycles. The molecule has 3 rings (SSSR count). The maximum atomic E-state index is 12.3. The van der Waals surface area contributed by atoms with Crippen molar-refractivity contribution >= 4 is 39.8 Å². The molecule has 0 atom stereocenters. The van der Waals surface area contributed by atoms with Gasteiger partial charge in [-0.2, -0.15) is 0 Å². The van der Waals surface area contributed by atoms with Gasteiger partial charge in [0.2, 0.25) is 0 Å². The van der Waals surface area contributed by atoms with Crippen molar-refractivity contribution in [1.82, 2.24) is 4.98 Å². The van der Waals surface area contributed by atoms with E-state index in [-0.39, 0.29) is 0 Å². The number of anilines is 2. The number of aromatic nitrogens is 1. The van der Waals surface area contributed by atoms with E-state index in [1.54, 1.807) is 19.1 Å². The zero-order valence-corrected chi connectivity index (χ0v) is 14.2. The fourth-order valence-electron chi connectivity index (χ4n) is 2.53. The van der Waals surface area contributed by atoms with E-state index in [1.165, 1.54) is 6.20 Å². The molecule has 0 bridgehead atoms. The van der Waals surface area contributed by atoms with Crippen LogP contribution in [0.4, 0.5) is 11.4 Å². The predicted octanol–water partition coefficient (Wildman–Crippen LogP) is 5.12. The molecule has 0 fully saturated rings. The van der Waals surface area contributed by atoms with Crippen molar-refractivity contribution in [3.63, 3.8) is 0 Å². The zero-order valence-electron chi connectivity index (χ0n) is 13.5. The highest BCUT2D eigenvalue weighted by Gasteiger charge is 2.17. The molecule has 0 amide bonds. The van der Waals surface area contributed by atoms with Crippen LogP contribution in [0.5, 0.6) is 0 Å². The van der Waals surface area contributed by atoms with Gasteiger partial charge in [-0.05, 0) is 49.7 Å². The molecule has 1 aromatic heterocycles. The molecule has 1 heterocycles. The van der Waals surface area contributed by atoms with E-state index in [9.17, 15) is 4.79 Å². The molecule has 0 unspecified atom stereocenters. The Balaban J connectivity index is 2.18. The maximum absolute atomic E-state index is 12.3. The highest BCUT2D eigenvalue weighted by Crippen LogP contribution is 2.31. The van der Waals surface area contributed by atoms with E-state index in [0.29, 0.717) is 22.9 Å². The van der Waals surface area contributed by atoms with Crippen molar-refractivity contribution in [2.45, 2.75) is 13.8 Å². The van der Waals surface area contributed by atoms with Crippen LogP contribution < -0.4 is 5.32 Å². The minimum atomic E-state index is -0.415. The second kappa shape index (κ2) is 6.89. The first-order chi connectivity index (χ1) is 11.6. The van der Waals surface area contributed by atoms with E-state index in [4.69, 9.17) is 16.3 Å². The Hall–Kier alpha value is -2.59. The molecule has 0 saturated heterocycles. The monoisotopic (exact) mass is 340 g/mol. The van der Waals surface area contributed by atoms with Crippen LogP contribution in [0.15, 0.2) is 48.7 Å². The summed E-state index contributed by atoms with van der Waals surface area (Å²) in [5, 5.41) is 4.68. The van der Waals surface area contributed by atoms with Gasteiger partial charge in [-0.15, -0.1) is 0 Å². The smallest absolute Gasteiger partial charge is 0.341 e. The molecule has 0 radical (unpaired) electrons. The standard InChI is InChI=1S/C19H17ClN2O2/c1-3-24-19(23)16-11-21-17-8-7-13(20)10-15(17)18(16)22-14-6-4-5-12(2)9-14/h4-11H,3H2,1-2H3,(H,21,22). The molecule has 0 aliphatic carbocycles. The molecule has 0 spiro atoms. The van der Waals surface area contributed by atoms with Crippen molar-refractivity contribution in [1.29, 1.82) is 0 Å². The van der Waals surface area contributed by atoms with Gasteiger partial charge in [0.25, 0.3) is 0 Å². The Labute approximate surface area is 145 Å². The van der Waals surface area contributed by atoms with Gasteiger partial charge in [-0.25, -0.2) is 4.79 Å². The van der Waals surface area contributed by atoms with E-state index in [2.05, 4.69) is 10.3 Å². The quantitative estimate of drug-likeness (QED) is 0.670. The molecule has 4 nitrogen and oxygen atoms in total. The number of aryl methyl sites for hydroxylation is 1. The predicted molar refractivity (Wildman–Crippen MR) is 97.2 cm³/mol. The number of carbonyl (C=O) groups excluding carboxylic acids is 1. The fourth-order valence-corrected chi connectivity index (χ4v) is 2.70. The number of nitrogens with zero attached hydrogens (tertiary/aromatic N) is 1. The van der Waals surface area contributed by atoms with Gasteiger partial charge in [0, 0.05) is 22.3 Å². The zero-order chi connectivity index (χ0) is 17.1. The average Bonchev–Trinajstić information content (AvgIpc) is 2.55. The van der Waals surface area contributed by atoms with Crippen LogP contribution in [0, 0.1) is 6.92 Å². The van der Waals surface area contributed by atoms with Gasteiger partial charge in [0.05, 0.1) is 17.8 Å². The van der Waals surface area contributed by atoms with Crippen LogP contribution in [-0.4, -0.2) is 17.6 Å². The second-order valence-electron chi connectivity index (χ2n) is 5.42. The van der Waals surface area contributed by atoms with Gasteiger partial charge in [0.15, 0.2) is 0 Å². The number of halogens is 1. The van der Waals surface area contributed by atoms with Crippen molar-refractivity contribution in [3.05, 3.63) is 64.8 Å². The van der Waals surface area contributed by atoms with Crippen LogP contribution in [0.3, 0.4) is 0 Å². The van der Waals surface area contributed by atoms with Crippen molar-refractivity contribution in [2.75, 3.05) is 11.9 Å². The summed E-state index contributed by atoms with van der Waals surface area (Å²) in [5.74, 6) is -0.415. The lowest BCUT2D eigenvalue weighted by molar-refractivity contribution is 0.0527. The second-order valence-corrected chi connectivity index (χ2v) is 5.86. The first-order valence-corrected chi connectivity index (χ1v) is 8.05. The molecule has 2 aromatic carbocycles. The number of hydrogen-bond acceptors (Lipinski definition) is 4. The summed E-state index contributed by atoms with van der Waals surface area (Å²) < 4.78 is 5.16. The van der Waals surface area contributed by atoms with Crippen LogP contribution in [0.25, 0.3) is 10.9 Å². The number of nitrogens with one attached hydrogen (secondary N) is 1. The first kappa shape index (κ1) is 16.3. The minimum absolute atomic E-state index is 0.302. The van der Waals surface area contributed by atoms with Gasteiger partial charge >= 0.3 is 5.97 Å². The molecule has 5 heteroatoms. The van der Waals surface area contributed by atoms with Crippen LogP contribution in [-0.2, 0) is 4.74 Å². The number of ether oxygens (including phenoxy) is 1. The molecule has 24 heavy (non-hydrogen) atoms. The SMILES string of the molecule is CCOC(=O)c1cnc2ccc(Cl)cc2c1Nc1cccc(C)c1. The van der Waals surface area contributed by atoms with E-state index in [1.807, 2.05) is 37.3 Å². The van der Waals surface area contributed by atoms with Gasteiger partial charge in [0.1, 0.15) is 5.56 Å². The molecular formula is C19H17ClN2O2. The Morgan fingerprint density at radius 2 is 2.08 bits per heavy atom. The topological polar surface area (TPSA) is 51.2 Å². The Morgan fingerprint density at radius 3 is 2.83 bits per heavy atom. The lowest BCUT2D eigenvalue weighted by Gasteiger charge is -2.14. The number of esters is 1. The average molecular weight is 341 g/mol. The van der Waals surface area contributed by atoms with Crippen molar-refractivity contribution in [3.8, 4) is 0 Å². The Bertz CT molecular complexity index is 909. The number of hydrogen-bond donors (Lipinski definition) is 1. The summed E-state index contributed by atoms with van der Waals surface area (Å²) in [6.45, 7) is 4.09. The van der Waals surface area contributed by atoms with Gasteiger partial charge in [-0.3, -0.25) is 4.98 Å². The Morgan fingerprint density at radius 1 is 1.25 bits per heavy atom. The summed E-state index contributed by atoms with van der Waals surface area (Å²) in [6, 6.07) is 13.3. The van der Waals surface area contributed by atoms with Crippen molar-refractivity contribution in [2.24, 2.45) is 0 Å². The molecular weight excluding hydrogens is 324 g/mol. The largest absolute Gasteiger partial charge is 0.462 e. The first-order valence-electron chi connectivity index (χ1n) is 7.67. The molecule has 3 aromatic rings. The summed E-state index contributed by atoms with van der Waals surface area (Å²) in [7, 11) is 0. The number of rotatable bonds is 4. The molecule has 122 valence electrons. The normalized spacial score (nSPS) is 10.6. The van der Waals surface area contributed by atoms with E-state index in [0.717, 1.165) is 22.2 Å². The van der Waals surface area contributed by atoms with E-state index >= 15 is 0 Å². The lowest BCUT2D eigenvalue weighted by atomic mass is 10.1. The van der Waals surface area contributed by atoms with Gasteiger partial charge < -0.3 is 10.1 Å². The number of fused-ring (bicyclic) bond motifs is 1. The van der Waals surface area contributed by atoms with Crippen LogP contribution >= 0.6 is 11.6 Å². The highest BCUT2D eigenvalue weighted by molar-refractivity contribution is 6.31. The molecule has 1 N–H and O–H groups in total. The highest BCUT2D eigenvalue weighted by atomic mass is 35.5. The number of pyridine rings is 1. The summed E-state index contributed by atoms with van der Waals surface area (Å²) >= 11 is 6.14.